The molecule has 0 spiro atoms. The smallest absolute Gasteiger partial charge is 0.337 e. The highest BCUT2D eigenvalue weighted by Gasteiger charge is 2.12. The standard InChI is InChI=1S/C12H17N3O2/c1-9-10(12(16)17)5-6-11(13-9)14-15-7-3-2-4-8-15/h5-6H,2-4,7-8H2,1H3,(H,13,14)(H,16,17). The van der Waals surface area contributed by atoms with Crippen molar-refractivity contribution < 1.29 is 9.90 Å². The number of rotatable bonds is 3. The normalized spacial score (nSPS) is 16.8. The van der Waals surface area contributed by atoms with Crippen LogP contribution in [0.1, 0.15) is 35.3 Å². The van der Waals surface area contributed by atoms with E-state index in [0.29, 0.717) is 5.69 Å². The number of hydrogen-bond acceptors (Lipinski definition) is 4. The molecule has 0 radical (unpaired) electrons. The van der Waals surface area contributed by atoms with Crippen LogP contribution in [0, 0.1) is 6.92 Å². The number of hydrazine groups is 1. The van der Waals surface area contributed by atoms with E-state index < -0.39 is 5.97 Å². The van der Waals surface area contributed by atoms with Gasteiger partial charge in [-0.1, -0.05) is 6.42 Å². The van der Waals surface area contributed by atoms with Gasteiger partial charge in [0, 0.05) is 13.1 Å². The highest BCUT2D eigenvalue weighted by atomic mass is 16.4. The number of anilines is 1. The number of aromatic nitrogens is 1. The van der Waals surface area contributed by atoms with Crippen molar-refractivity contribution in [3.05, 3.63) is 23.4 Å². The largest absolute Gasteiger partial charge is 0.478 e. The molecule has 0 saturated carbocycles. The Kier molecular flexibility index (Phi) is 3.58. The summed E-state index contributed by atoms with van der Waals surface area (Å²) >= 11 is 0. The van der Waals surface area contributed by atoms with Gasteiger partial charge in [0.25, 0.3) is 0 Å². The molecule has 1 aromatic rings. The zero-order chi connectivity index (χ0) is 12.3. The SMILES string of the molecule is Cc1nc(NN2CCCCC2)ccc1C(=O)O. The molecule has 5 heteroatoms. The summed E-state index contributed by atoms with van der Waals surface area (Å²) in [6, 6.07) is 3.31. The number of nitrogens with one attached hydrogen (secondary N) is 1. The Morgan fingerprint density at radius 1 is 1.35 bits per heavy atom. The van der Waals surface area contributed by atoms with Crippen molar-refractivity contribution >= 4 is 11.8 Å². The maximum absolute atomic E-state index is 10.9. The van der Waals surface area contributed by atoms with Gasteiger partial charge in [-0.2, -0.15) is 0 Å². The van der Waals surface area contributed by atoms with Crippen LogP contribution in [-0.4, -0.2) is 34.2 Å². The number of pyridine rings is 1. The molecule has 1 aliphatic rings. The monoisotopic (exact) mass is 235 g/mol. The second-order valence-corrected chi connectivity index (χ2v) is 4.29. The Morgan fingerprint density at radius 3 is 2.65 bits per heavy atom. The van der Waals surface area contributed by atoms with Crippen LogP contribution in [-0.2, 0) is 0 Å². The molecule has 1 aromatic heterocycles. The van der Waals surface area contributed by atoms with E-state index >= 15 is 0 Å². The van der Waals surface area contributed by atoms with Gasteiger partial charge in [0.2, 0.25) is 0 Å². The third-order valence-electron chi connectivity index (χ3n) is 2.94. The first-order valence-electron chi connectivity index (χ1n) is 5.89. The lowest BCUT2D eigenvalue weighted by molar-refractivity contribution is 0.0695. The number of aryl methyl sites for hydroxylation is 1. The Morgan fingerprint density at radius 2 is 2.06 bits per heavy atom. The van der Waals surface area contributed by atoms with Gasteiger partial charge in [0.05, 0.1) is 11.3 Å². The quantitative estimate of drug-likeness (QED) is 0.837. The van der Waals surface area contributed by atoms with E-state index in [0.717, 1.165) is 18.9 Å². The zero-order valence-electron chi connectivity index (χ0n) is 9.94. The second kappa shape index (κ2) is 5.14. The zero-order valence-corrected chi connectivity index (χ0v) is 9.94. The van der Waals surface area contributed by atoms with Crippen molar-refractivity contribution in [3.8, 4) is 0 Å². The van der Waals surface area contributed by atoms with E-state index in [9.17, 15) is 4.79 Å². The molecule has 2 N–H and O–H groups in total. The third-order valence-corrected chi connectivity index (χ3v) is 2.94. The molecule has 92 valence electrons. The first-order chi connectivity index (χ1) is 8.16. The van der Waals surface area contributed by atoms with Crippen LogP contribution in [0.2, 0.25) is 0 Å². The summed E-state index contributed by atoms with van der Waals surface area (Å²) in [6.07, 6.45) is 3.67. The maximum atomic E-state index is 10.9. The van der Waals surface area contributed by atoms with E-state index in [1.54, 1.807) is 19.1 Å². The number of aromatic carboxylic acids is 1. The van der Waals surface area contributed by atoms with E-state index in [1.165, 1.54) is 19.3 Å². The van der Waals surface area contributed by atoms with Crippen LogP contribution in [0.4, 0.5) is 5.82 Å². The number of carbonyl (C=O) groups is 1. The summed E-state index contributed by atoms with van der Waals surface area (Å²) < 4.78 is 0. The predicted molar refractivity (Wildman–Crippen MR) is 65.0 cm³/mol. The summed E-state index contributed by atoms with van der Waals surface area (Å²) in [7, 11) is 0. The molecule has 0 amide bonds. The lowest BCUT2D eigenvalue weighted by atomic mass is 10.2. The second-order valence-electron chi connectivity index (χ2n) is 4.29. The summed E-state index contributed by atoms with van der Waals surface area (Å²) in [5, 5.41) is 11.0. The van der Waals surface area contributed by atoms with Crippen LogP contribution in [0.25, 0.3) is 0 Å². The van der Waals surface area contributed by atoms with E-state index in [-0.39, 0.29) is 5.56 Å². The van der Waals surface area contributed by atoms with Gasteiger partial charge in [-0.15, -0.1) is 0 Å². The highest BCUT2D eigenvalue weighted by Crippen LogP contribution is 2.14. The fourth-order valence-electron chi connectivity index (χ4n) is 2.02. The lowest BCUT2D eigenvalue weighted by Gasteiger charge is -2.27. The molecular weight excluding hydrogens is 218 g/mol. The van der Waals surface area contributed by atoms with Crippen molar-refractivity contribution in [1.29, 1.82) is 0 Å². The third kappa shape index (κ3) is 2.94. The Balaban J connectivity index is 2.06. The number of carboxylic acid groups (broad SMARTS) is 1. The van der Waals surface area contributed by atoms with Crippen LogP contribution >= 0.6 is 0 Å². The van der Waals surface area contributed by atoms with Crippen molar-refractivity contribution in [2.24, 2.45) is 0 Å². The van der Waals surface area contributed by atoms with E-state index in [2.05, 4.69) is 15.4 Å². The molecule has 2 heterocycles. The average molecular weight is 235 g/mol. The molecule has 1 saturated heterocycles. The molecule has 1 fully saturated rings. The highest BCUT2D eigenvalue weighted by molar-refractivity contribution is 5.88. The van der Waals surface area contributed by atoms with Crippen LogP contribution < -0.4 is 5.43 Å². The van der Waals surface area contributed by atoms with Crippen LogP contribution in [0.3, 0.4) is 0 Å². The molecule has 0 aliphatic carbocycles. The first kappa shape index (κ1) is 11.9. The summed E-state index contributed by atoms with van der Waals surface area (Å²) in [5.74, 6) is -0.214. The van der Waals surface area contributed by atoms with Crippen molar-refractivity contribution in [3.63, 3.8) is 0 Å². The van der Waals surface area contributed by atoms with Gasteiger partial charge in [0.1, 0.15) is 5.82 Å². The minimum atomic E-state index is -0.931. The molecule has 0 aromatic carbocycles. The number of piperidine rings is 1. The van der Waals surface area contributed by atoms with Gasteiger partial charge in [-0.05, 0) is 31.9 Å². The Hall–Kier alpha value is -1.62. The molecule has 17 heavy (non-hydrogen) atoms. The van der Waals surface area contributed by atoms with Crippen LogP contribution in [0.15, 0.2) is 12.1 Å². The molecule has 5 nitrogen and oxygen atoms in total. The lowest BCUT2D eigenvalue weighted by Crippen LogP contribution is -2.35. The molecule has 0 bridgehead atoms. The topological polar surface area (TPSA) is 65.5 Å². The van der Waals surface area contributed by atoms with Gasteiger partial charge in [-0.25, -0.2) is 14.8 Å². The Bertz CT molecular complexity index is 414. The number of carboxylic acids is 1. The fourth-order valence-corrected chi connectivity index (χ4v) is 2.02. The number of hydrogen-bond donors (Lipinski definition) is 2. The van der Waals surface area contributed by atoms with Gasteiger partial charge >= 0.3 is 5.97 Å². The van der Waals surface area contributed by atoms with Crippen molar-refractivity contribution in [2.75, 3.05) is 18.5 Å². The van der Waals surface area contributed by atoms with Gasteiger partial charge in [-0.3, -0.25) is 0 Å². The minimum absolute atomic E-state index is 0.259. The molecule has 0 unspecified atom stereocenters. The maximum Gasteiger partial charge on any atom is 0.337 e. The average Bonchev–Trinajstić information content (AvgIpc) is 2.30. The predicted octanol–water partition coefficient (Wildman–Crippen LogP) is 1.90. The Labute approximate surface area is 100 Å². The van der Waals surface area contributed by atoms with Gasteiger partial charge in [0.15, 0.2) is 0 Å². The number of nitrogens with zero attached hydrogens (tertiary/aromatic N) is 2. The van der Waals surface area contributed by atoms with Crippen LogP contribution in [0.5, 0.6) is 0 Å². The summed E-state index contributed by atoms with van der Waals surface area (Å²) in [4.78, 5) is 15.1. The fraction of sp³-hybridized carbons (Fsp3) is 0.500. The summed E-state index contributed by atoms with van der Waals surface area (Å²) in [5.41, 5.74) is 4.02. The molecular formula is C12H17N3O2. The molecule has 0 atom stereocenters. The van der Waals surface area contributed by atoms with Crippen molar-refractivity contribution in [2.45, 2.75) is 26.2 Å². The molecule has 1 aliphatic heterocycles. The molecule has 2 rings (SSSR count). The van der Waals surface area contributed by atoms with Crippen molar-refractivity contribution in [1.82, 2.24) is 9.99 Å². The van der Waals surface area contributed by atoms with E-state index in [4.69, 9.17) is 5.11 Å². The minimum Gasteiger partial charge on any atom is -0.478 e. The first-order valence-corrected chi connectivity index (χ1v) is 5.89. The summed E-state index contributed by atoms with van der Waals surface area (Å²) in [6.45, 7) is 3.74. The van der Waals surface area contributed by atoms with E-state index in [1.807, 2.05) is 0 Å². The van der Waals surface area contributed by atoms with Gasteiger partial charge < -0.3 is 10.5 Å².